The lowest BCUT2D eigenvalue weighted by atomic mass is 10.1. The van der Waals surface area contributed by atoms with Crippen LogP contribution < -0.4 is 4.90 Å². The molecule has 1 aliphatic heterocycles. The van der Waals surface area contributed by atoms with Crippen LogP contribution in [-0.4, -0.2) is 56.7 Å². The number of fused-ring (bicyclic) bond motifs is 1. The Labute approximate surface area is 182 Å². The molecule has 0 radical (unpaired) electrons. The van der Waals surface area contributed by atoms with Crippen LogP contribution in [0, 0.1) is 18.6 Å². The molecule has 2 aromatic heterocycles. The second kappa shape index (κ2) is 7.99. The Morgan fingerprint density at radius 1 is 0.938 bits per heavy atom. The molecule has 9 heteroatoms. The van der Waals surface area contributed by atoms with Crippen molar-refractivity contribution in [2.24, 2.45) is 0 Å². The zero-order chi connectivity index (χ0) is 22.2. The summed E-state index contributed by atoms with van der Waals surface area (Å²) in [6, 6.07) is 11.8. The van der Waals surface area contributed by atoms with E-state index in [0.717, 1.165) is 11.2 Å². The Bertz CT molecular complexity index is 1300. The third kappa shape index (κ3) is 3.66. The van der Waals surface area contributed by atoms with Gasteiger partial charge in [-0.1, -0.05) is 6.07 Å². The summed E-state index contributed by atoms with van der Waals surface area (Å²) in [7, 11) is 0. The van der Waals surface area contributed by atoms with E-state index < -0.39 is 5.82 Å². The number of halogens is 2. The molecule has 1 aliphatic rings. The molecule has 1 saturated heterocycles. The molecular formula is C23H20F2N6O. The summed E-state index contributed by atoms with van der Waals surface area (Å²) in [6.07, 6.45) is 1.71. The van der Waals surface area contributed by atoms with Crippen molar-refractivity contribution in [2.45, 2.75) is 6.92 Å². The molecule has 4 aromatic rings. The van der Waals surface area contributed by atoms with Gasteiger partial charge < -0.3 is 9.80 Å². The lowest BCUT2D eigenvalue weighted by Crippen LogP contribution is -2.49. The number of amides is 1. The first-order valence-corrected chi connectivity index (χ1v) is 10.3. The average Bonchev–Trinajstić information content (AvgIpc) is 3.22. The molecule has 32 heavy (non-hydrogen) atoms. The Morgan fingerprint density at radius 2 is 1.69 bits per heavy atom. The molecule has 0 aliphatic carbocycles. The highest BCUT2D eigenvalue weighted by Gasteiger charge is 2.25. The number of nitrogens with zero attached hydrogens (tertiary/aromatic N) is 6. The molecule has 0 bridgehead atoms. The molecule has 0 unspecified atom stereocenters. The number of carbonyl (C=O) groups excluding carboxylic acids is 1. The predicted molar refractivity (Wildman–Crippen MR) is 116 cm³/mol. The third-order valence-electron chi connectivity index (χ3n) is 5.53. The van der Waals surface area contributed by atoms with Crippen molar-refractivity contribution < 1.29 is 13.6 Å². The van der Waals surface area contributed by atoms with E-state index in [2.05, 4.69) is 20.0 Å². The maximum Gasteiger partial charge on any atom is 0.254 e. The average molecular weight is 434 g/mol. The van der Waals surface area contributed by atoms with Gasteiger partial charge in [0.2, 0.25) is 0 Å². The minimum atomic E-state index is -0.425. The summed E-state index contributed by atoms with van der Waals surface area (Å²) in [5.41, 5.74) is 1.69. The fourth-order valence-corrected chi connectivity index (χ4v) is 3.94. The number of aryl methyl sites for hydroxylation is 1. The van der Waals surface area contributed by atoms with E-state index in [4.69, 9.17) is 0 Å². The maximum absolute atomic E-state index is 13.5. The molecule has 5 rings (SSSR count). The minimum Gasteiger partial charge on any atom is -0.352 e. The van der Waals surface area contributed by atoms with Crippen LogP contribution >= 0.6 is 0 Å². The highest BCUT2D eigenvalue weighted by molar-refractivity contribution is 5.94. The molecule has 2 aromatic carbocycles. The number of hydrogen-bond acceptors (Lipinski definition) is 5. The van der Waals surface area contributed by atoms with Crippen LogP contribution in [0.3, 0.4) is 0 Å². The normalized spacial score (nSPS) is 14.2. The van der Waals surface area contributed by atoms with Gasteiger partial charge in [0.15, 0.2) is 5.65 Å². The SMILES string of the molecule is Cc1nc(N2CCN(C(=O)c3cccc(F)c3)CC2)c2cnn(-c3ccc(F)cc3)c2n1. The highest BCUT2D eigenvalue weighted by Crippen LogP contribution is 2.27. The van der Waals surface area contributed by atoms with E-state index in [1.807, 2.05) is 6.92 Å². The third-order valence-corrected chi connectivity index (χ3v) is 5.53. The standard InChI is InChI=1S/C23H20F2N6O/c1-15-27-21(20-14-26-31(22(20)28-15)19-7-5-17(24)6-8-19)29-9-11-30(12-10-29)23(32)16-3-2-4-18(25)13-16/h2-8,13-14H,9-12H2,1H3. The second-order valence-electron chi connectivity index (χ2n) is 7.65. The van der Waals surface area contributed by atoms with Gasteiger partial charge in [-0.2, -0.15) is 5.10 Å². The van der Waals surface area contributed by atoms with E-state index in [9.17, 15) is 13.6 Å². The van der Waals surface area contributed by atoms with Crippen molar-refractivity contribution in [1.29, 1.82) is 0 Å². The molecule has 0 atom stereocenters. The van der Waals surface area contributed by atoms with Crippen molar-refractivity contribution in [3.8, 4) is 5.69 Å². The zero-order valence-electron chi connectivity index (χ0n) is 17.4. The van der Waals surface area contributed by atoms with Crippen molar-refractivity contribution in [1.82, 2.24) is 24.6 Å². The van der Waals surface area contributed by atoms with Crippen molar-refractivity contribution >= 4 is 22.8 Å². The topological polar surface area (TPSA) is 67.2 Å². The van der Waals surface area contributed by atoms with Gasteiger partial charge >= 0.3 is 0 Å². The Morgan fingerprint density at radius 3 is 2.41 bits per heavy atom. The lowest BCUT2D eigenvalue weighted by Gasteiger charge is -2.35. The van der Waals surface area contributed by atoms with E-state index in [1.54, 1.807) is 34.0 Å². The molecule has 0 saturated carbocycles. The van der Waals surface area contributed by atoms with Gasteiger partial charge in [0, 0.05) is 31.7 Å². The molecule has 162 valence electrons. The van der Waals surface area contributed by atoms with E-state index in [0.29, 0.717) is 48.9 Å². The largest absolute Gasteiger partial charge is 0.352 e. The number of aromatic nitrogens is 4. The first-order valence-electron chi connectivity index (χ1n) is 10.3. The molecule has 7 nitrogen and oxygen atoms in total. The second-order valence-corrected chi connectivity index (χ2v) is 7.65. The fourth-order valence-electron chi connectivity index (χ4n) is 3.94. The Hall–Kier alpha value is -3.88. The summed E-state index contributed by atoms with van der Waals surface area (Å²) < 4.78 is 28.5. The number of benzene rings is 2. The van der Waals surface area contributed by atoms with Crippen LogP contribution in [0.2, 0.25) is 0 Å². The van der Waals surface area contributed by atoms with Gasteiger partial charge in [-0.15, -0.1) is 0 Å². The molecule has 0 N–H and O–H groups in total. The summed E-state index contributed by atoms with van der Waals surface area (Å²) in [4.78, 5) is 25.7. The predicted octanol–water partition coefficient (Wildman–Crippen LogP) is 3.36. The van der Waals surface area contributed by atoms with E-state index >= 15 is 0 Å². The van der Waals surface area contributed by atoms with Crippen LogP contribution in [0.4, 0.5) is 14.6 Å². The summed E-state index contributed by atoms with van der Waals surface area (Å²) in [6.45, 7) is 3.95. The zero-order valence-corrected chi connectivity index (χ0v) is 17.4. The number of hydrogen-bond donors (Lipinski definition) is 0. The van der Waals surface area contributed by atoms with Crippen molar-refractivity contribution in [3.63, 3.8) is 0 Å². The highest BCUT2D eigenvalue weighted by atomic mass is 19.1. The molecule has 1 amide bonds. The van der Waals surface area contributed by atoms with Gasteiger partial charge in [-0.05, 0) is 49.4 Å². The van der Waals surface area contributed by atoms with Crippen LogP contribution in [-0.2, 0) is 0 Å². The number of rotatable bonds is 3. The number of anilines is 1. The van der Waals surface area contributed by atoms with Gasteiger partial charge in [0.1, 0.15) is 23.3 Å². The van der Waals surface area contributed by atoms with E-state index in [-0.39, 0.29) is 11.7 Å². The number of piperazine rings is 1. The van der Waals surface area contributed by atoms with E-state index in [1.165, 1.54) is 30.3 Å². The molecule has 1 fully saturated rings. The Balaban J connectivity index is 1.40. The maximum atomic E-state index is 13.5. The number of carbonyl (C=O) groups is 1. The molecular weight excluding hydrogens is 414 g/mol. The summed E-state index contributed by atoms with van der Waals surface area (Å²) in [5.74, 6) is 0.416. The lowest BCUT2D eigenvalue weighted by molar-refractivity contribution is 0.0746. The van der Waals surface area contributed by atoms with Crippen molar-refractivity contribution in [2.75, 3.05) is 31.1 Å². The van der Waals surface area contributed by atoms with Crippen LogP contribution in [0.1, 0.15) is 16.2 Å². The van der Waals surface area contributed by atoms with Crippen molar-refractivity contribution in [3.05, 3.63) is 77.8 Å². The monoisotopic (exact) mass is 434 g/mol. The fraction of sp³-hybridized carbons (Fsp3) is 0.217. The van der Waals surface area contributed by atoms with Gasteiger partial charge in [0.05, 0.1) is 17.3 Å². The first-order chi connectivity index (χ1) is 15.5. The van der Waals surface area contributed by atoms with Crippen LogP contribution in [0.5, 0.6) is 0 Å². The molecule has 0 spiro atoms. The summed E-state index contributed by atoms with van der Waals surface area (Å²) >= 11 is 0. The Kier molecular flexibility index (Phi) is 5.01. The van der Waals surface area contributed by atoms with Gasteiger partial charge in [-0.3, -0.25) is 4.79 Å². The minimum absolute atomic E-state index is 0.183. The van der Waals surface area contributed by atoms with Crippen LogP contribution in [0.25, 0.3) is 16.7 Å². The summed E-state index contributed by atoms with van der Waals surface area (Å²) in [5, 5.41) is 5.23. The quantitative estimate of drug-likeness (QED) is 0.495. The van der Waals surface area contributed by atoms with Gasteiger partial charge in [0.25, 0.3) is 5.91 Å². The van der Waals surface area contributed by atoms with Gasteiger partial charge in [-0.25, -0.2) is 23.4 Å². The molecule has 3 heterocycles. The smallest absolute Gasteiger partial charge is 0.254 e. The van der Waals surface area contributed by atoms with Crippen LogP contribution in [0.15, 0.2) is 54.7 Å². The first kappa shape index (κ1) is 20.0.